The molecule has 0 saturated heterocycles. The Hall–Kier alpha value is -0.720. The summed E-state index contributed by atoms with van der Waals surface area (Å²) in [7, 11) is 0. The molecule has 0 radical (unpaired) electrons. The fourth-order valence-corrected chi connectivity index (χ4v) is 0.660. The summed E-state index contributed by atoms with van der Waals surface area (Å²) >= 11 is 0. The topological polar surface area (TPSA) is 9.23 Å². The van der Waals surface area contributed by atoms with Gasteiger partial charge in [0.15, 0.2) is 0 Å². The lowest BCUT2D eigenvalue weighted by Crippen LogP contribution is -1.98. The van der Waals surface area contributed by atoms with Gasteiger partial charge in [-0.3, -0.25) is 0 Å². The Balaban J connectivity index is 3.61. The van der Waals surface area contributed by atoms with Crippen LogP contribution in [0.25, 0.3) is 0 Å². The lowest BCUT2D eigenvalue weighted by Gasteiger charge is -2.04. The average Bonchev–Trinajstić information content (AvgIpc) is 1.63. The largest absolute Gasteiger partial charge is 0.495 e. The summed E-state index contributed by atoms with van der Waals surface area (Å²) in [6, 6.07) is 0. The summed E-state index contributed by atoms with van der Waals surface area (Å²) in [4.78, 5) is 0. The molecule has 52 valence electrons. The predicted molar refractivity (Wildman–Crippen MR) is 40.2 cm³/mol. The second-order valence-corrected chi connectivity index (χ2v) is 2.25. The third-order valence-electron chi connectivity index (χ3n) is 0.879. The van der Waals surface area contributed by atoms with Crippen molar-refractivity contribution in [1.29, 1.82) is 0 Å². The molecular weight excluding hydrogens is 112 g/mol. The summed E-state index contributed by atoms with van der Waals surface area (Å²) in [5.41, 5.74) is 1.27. The van der Waals surface area contributed by atoms with Crippen LogP contribution in [0.4, 0.5) is 0 Å². The summed E-state index contributed by atoms with van der Waals surface area (Å²) in [6.45, 7) is 9.53. The molecule has 0 aromatic rings. The van der Waals surface area contributed by atoms with Gasteiger partial charge in [0.05, 0.1) is 6.26 Å². The van der Waals surface area contributed by atoms with Crippen molar-refractivity contribution in [3.05, 3.63) is 24.5 Å². The molecule has 0 amide bonds. The van der Waals surface area contributed by atoms with Crippen molar-refractivity contribution in [2.45, 2.75) is 26.9 Å². The molecule has 0 spiro atoms. The highest BCUT2D eigenvalue weighted by molar-refractivity contribution is 4.97. The summed E-state index contributed by atoms with van der Waals surface area (Å²) < 4.78 is 5.04. The zero-order valence-corrected chi connectivity index (χ0v) is 6.35. The molecule has 0 rings (SSSR count). The molecule has 0 saturated carbocycles. The van der Waals surface area contributed by atoms with E-state index in [9.17, 15) is 0 Å². The van der Waals surface area contributed by atoms with E-state index in [1.54, 1.807) is 0 Å². The normalized spacial score (nSPS) is 11.9. The number of ether oxygens (including phenoxy) is 1. The number of hydrogen-bond acceptors (Lipinski definition) is 1. The molecule has 0 N–H and O–H groups in total. The lowest BCUT2D eigenvalue weighted by atomic mass is 10.2. The molecule has 1 unspecified atom stereocenters. The van der Waals surface area contributed by atoms with Gasteiger partial charge in [0.25, 0.3) is 0 Å². The van der Waals surface area contributed by atoms with E-state index in [0.717, 1.165) is 0 Å². The summed E-state index contributed by atoms with van der Waals surface area (Å²) in [5.74, 6) is 0. The van der Waals surface area contributed by atoms with Crippen LogP contribution >= 0.6 is 0 Å². The van der Waals surface area contributed by atoms with Crippen molar-refractivity contribution in [2.24, 2.45) is 0 Å². The van der Waals surface area contributed by atoms with Gasteiger partial charge in [-0.15, -0.1) is 0 Å². The Morgan fingerprint density at radius 2 is 2.11 bits per heavy atom. The smallest absolute Gasteiger partial charge is 0.113 e. The number of hydrogen-bond donors (Lipinski definition) is 0. The maximum atomic E-state index is 5.04. The fourth-order valence-electron chi connectivity index (χ4n) is 0.660. The zero-order chi connectivity index (χ0) is 7.28. The van der Waals surface area contributed by atoms with Crippen LogP contribution in [-0.4, -0.2) is 6.10 Å². The van der Waals surface area contributed by atoms with Crippen LogP contribution in [0.5, 0.6) is 0 Å². The van der Waals surface area contributed by atoms with Gasteiger partial charge in [-0.2, -0.15) is 0 Å². The first-order chi connectivity index (χ1) is 4.16. The highest BCUT2D eigenvalue weighted by Crippen LogP contribution is 1.97. The van der Waals surface area contributed by atoms with E-state index < -0.39 is 0 Å². The van der Waals surface area contributed by atoms with Crippen LogP contribution < -0.4 is 0 Å². The fraction of sp³-hybridized carbons (Fsp3) is 0.500. The third kappa shape index (κ3) is 5.15. The van der Waals surface area contributed by atoms with Crippen molar-refractivity contribution in [3.8, 4) is 0 Å². The van der Waals surface area contributed by atoms with Crippen LogP contribution in [-0.2, 0) is 4.74 Å². The van der Waals surface area contributed by atoms with E-state index in [4.69, 9.17) is 4.74 Å². The van der Waals surface area contributed by atoms with E-state index in [-0.39, 0.29) is 6.10 Å². The molecule has 1 atom stereocenters. The molecule has 0 aromatic heterocycles. The Labute approximate surface area is 57.0 Å². The van der Waals surface area contributed by atoms with Gasteiger partial charge in [-0.1, -0.05) is 12.2 Å². The van der Waals surface area contributed by atoms with Gasteiger partial charge in [0.1, 0.15) is 6.10 Å². The summed E-state index contributed by atoms with van der Waals surface area (Å²) in [5, 5.41) is 0. The maximum Gasteiger partial charge on any atom is 0.113 e. The zero-order valence-electron chi connectivity index (χ0n) is 6.35. The minimum absolute atomic E-state index is 0.160. The molecule has 1 heteroatoms. The highest BCUT2D eigenvalue weighted by Gasteiger charge is 1.91. The third-order valence-corrected chi connectivity index (χ3v) is 0.879. The van der Waals surface area contributed by atoms with Gasteiger partial charge in [-0.05, 0) is 26.8 Å². The van der Waals surface area contributed by atoms with Crippen molar-refractivity contribution < 1.29 is 4.74 Å². The molecule has 9 heavy (non-hydrogen) atoms. The van der Waals surface area contributed by atoms with Crippen molar-refractivity contribution >= 4 is 0 Å². The Morgan fingerprint density at radius 1 is 1.56 bits per heavy atom. The monoisotopic (exact) mass is 126 g/mol. The minimum atomic E-state index is 0.160. The molecule has 0 bridgehead atoms. The predicted octanol–water partition coefficient (Wildman–Crippen LogP) is 2.50. The highest BCUT2D eigenvalue weighted by atomic mass is 16.5. The second-order valence-electron chi connectivity index (χ2n) is 2.25. The summed E-state index contributed by atoms with van der Waals surface area (Å²) in [6.07, 6.45) is 3.67. The standard InChI is InChI=1S/C8H14O/c1-5-9-8(4)6-7(2)3/h5-6,8H,1H2,2-4H3. The molecule has 0 aliphatic carbocycles. The first-order valence-corrected chi connectivity index (χ1v) is 3.08. The maximum absolute atomic E-state index is 5.04. The van der Waals surface area contributed by atoms with E-state index in [0.29, 0.717) is 0 Å². The van der Waals surface area contributed by atoms with Gasteiger partial charge >= 0.3 is 0 Å². The Bertz CT molecular complexity index is 110. The SMILES string of the molecule is C=COC(C)C=C(C)C. The molecule has 0 aliphatic heterocycles. The minimum Gasteiger partial charge on any atom is -0.495 e. The Kier molecular flexibility index (Phi) is 3.85. The second kappa shape index (κ2) is 4.19. The first-order valence-electron chi connectivity index (χ1n) is 3.08. The van der Waals surface area contributed by atoms with Gasteiger partial charge in [0, 0.05) is 0 Å². The molecule has 0 aromatic carbocycles. The van der Waals surface area contributed by atoms with E-state index in [1.165, 1.54) is 11.8 Å². The van der Waals surface area contributed by atoms with Crippen molar-refractivity contribution in [2.75, 3.05) is 0 Å². The van der Waals surface area contributed by atoms with Crippen LogP contribution in [0.2, 0.25) is 0 Å². The van der Waals surface area contributed by atoms with Crippen molar-refractivity contribution in [3.63, 3.8) is 0 Å². The van der Waals surface area contributed by atoms with Crippen LogP contribution in [0.1, 0.15) is 20.8 Å². The van der Waals surface area contributed by atoms with Gasteiger partial charge in [0.2, 0.25) is 0 Å². The van der Waals surface area contributed by atoms with Crippen LogP contribution in [0.15, 0.2) is 24.5 Å². The quantitative estimate of drug-likeness (QED) is 0.417. The number of allylic oxidation sites excluding steroid dienone is 1. The van der Waals surface area contributed by atoms with E-state index >= 15 is 0 Å². The average molecular weight is 126 g/mol. The van der Waals surface area contributed by atoms with Crippen LogP contribution in [0.3, 0.4) is 0 Å². The lowest BCUT2D eigenvalue weighted by molar-refractivity contribution is 0.204. The Morgan fingerprint density at radius 3 is 2.44 bits per heavy atom. The van der Waals surface area contributed by atoms with Gasteiger partial charge in [-0.25, -0.2) is 0 Å². The molecule has 0 heterocycles. The number of rotatable bonds is 3. The molecule has 0 fully saturated rings. The first kappa shape index (κ1) is 8.28. The van der Waals surface area contributed by atoms with Crippen LogP contribution in [0, 0.1) is 0 Å². The molecule has 1 nitrogen and oxygen atoms in total. The molecule has 0 aliphatic rings. The van der Waals surface area contributed by atoms with Gasteiger partial charge < -0.3 is 4.74 Å². The van der Waals surface area contributed by atoms with Crippen molar-refractivity contribution in [1.82, 2.24) is 0 Å². The molecular formula is C8H14O. The van der Waals surface area contributed by atoms with E-state index in [1.807, 2.05) is 26.8 Å². The van der Waals surface area contributed by atoms with E-state index in [2.05, 4.69) is 6.58 Å².